The van der Waals surface area contributed by atoms with Gasteiger partial charge in [0, 0.05) is 12.4 Å². The minimum Gasteiger partial charge on any atom is -0.265 e. The summed E-state index contributed by atoms with van der Waals surface area (Å²) in [7, 11) is 0. The summed E-state index contributed by atoms with van der Waals surface area (Å²) in [5.74, 6) is 0.746. The van der Waals surface area contributed by atoms with Gasteiger partial charge in [0.1, 0.15) is 0 Å². The lowest BCUT2D eigenvalue weighted by atomic mass is 9.81. The molecule has 1 aliphatic rings. The Bertz CT molecular complexity index is 538. The van der Waals surface area contributed by atoms with Crippen LogP contribution in [0.2, 0.25) is 0 Å². The average molecular weight is 286 g/mol. The van der Waals surface area contributed by atoms with Crippen molar-refractivity contribution in [3.05, 3.63) is 71.6 Å². The Hall–Kier alpha value is -1.60. The molecule has 1 saturated carbocycles. The summed E-state index contributed by atoms with van der Waals surface area (Å²) in [4.78, 5) is 4.06. The molecule has 2 heteroatoms. The van der Waals surface area contributed by atoms with Gasteiger partial charge in [0.15, 0.2) is 0 Å². The zero-order valence-corrected chi connectivity index (χ0v) is 12.4. The molecule has 3 rings (SSSR count). The van der Waals surface area contributed by atoms with Gasteiger partial charge in [-0.25, -0.2) is 0 Å². The fraction of sp³-hybridized carbons (Fsp3) is 0.278. The standard InChI is InChI=1S/C18H19N.ClH/c1-2-4-17(5-3-1)18-8-6-15(7-9-18)14-16-10-12-19-13-11-16;/h1-5,10-14,18H,6-9H2;1H. The fourth-order valence-corrected chi connectivity index (χ4v) is 2.89. The van der Waals surface area contributed by atoms with Crippen LogP contribution in [0.15, 0.2) is 60.4 Å². The Morgan fingerprint density at radius 1 is 0.900 bits per heavy atom. The number of hydrogen-bond acceptors (Lipinski definition) is 1. The molecule has 1 heterocycles. The molecule has 1 nitrogen and oxygen atoms in total. The third-order valence-electron chi connectivity index (χ3n) is 3.98. The molecule has 0 unspecified atom stereocenters. The van der Waals surface area contributed by atoms with Gasteiger partial charge in [-0.05, 0) is 54.9 Å². The number of aromatic nitrogens is 1. The first-order chi connectivity index (χ1) is 9.42. The van der Waals surface area contributed by atoms with Gasteiger partial charge in [0.05, 0.1) is 0 Å². The molecule has 0 saturated heterocycles. The predicted molar refractivity (Wildman–Crippen MR) is 87.1 cm³/mol. The molecule has 1 fully saturated rings. The lowest BCUT2D eigenvalue weighted by Gasteiger charge is -2.24. The number of benzene rings is 1. The van der Waals surface area contributed by atoms with Crippen molar-refractivity contribution in [2.24, 2.45) is 0 Å². The number of hydrogen-bond donors (Lipinski definition) is 0. The summed E-state index contributed by atoms with van der Waals surface area (Å²) < 4.78 is 0. The van der Waals surface area contributed by atoms with E-state index < -0.39 is 0 Å². The largest absolute Gasteiger partial charge is 0.265 e. The fourth-order valence-electron chi connectivity index (χ4n) is 2.89. The third-order valence-corrected chi connectivity index (χ3v) is 3.98. The van der Waals surface area contributed by atoms with E-state index in [4.69, 9.17) is 0 Å². The highest BCUT2D eigenvalue weighted by atomic mass is 35.5. The minimum absolute atomic E-state index is 0. The van der Waals surface area contributed by atoms with E-state index in [0.29, 0.717) is 0 Å². The molecule has 0 aliphatic heterocycles. The van der Waals surface area contributed by atoms with Gasteiger partial charge >= 0.3 is 0 Å². The van der Waals surface area contributed by atoms with Gasteiger partial charge in [-0.1, -0.05) is 42.0 Å². The first-order valence-electron chi connectivity index (χ1n) is 7.06. The maximum absolute atomic E-state index is 4.06. The van der Waals surface area contributed by atoms with Gasteiger partial charge in [0.25, 0.3) is 0 Å². The molecule has 0 spiro atoms. The Morgan fingerprint density at radius 2 is 1.55 bits per heavy atom. The van der Waals surface area contributed by atoms with Crippen molar-refractivity contribution < 1.29 is 0 Å². The van der Waals surface area contributed by atoms with Crippen LogP contribution < -0.4 is 0 Å². The number of rotatable bonds is 2. The lowest BCUT2D eigenvalue weighted by molar-refractivity contribution is 0.519. The molecular weight excluding hydrogens is 266 g/mol. The highest BCUT2D eigenvalue weighted by molar-refractivity contribution is 5.85. The van der Waals surface area contributed by atoms with E-state index in [1.807, 2.05) is 12.4 Å². The molecule has 1 aromatic heterocycles. The Balaban J connectivity index is 0.00000147. The van der Waals surface area contributed by atoms with Crippen LogP contribution in [-0.4, -0.2) is 4.98 Å². The topological polar surface area (TPSA) is 12.9 Å². The van der Waals surface area contributed by atoms with Crippen LogP contribution in [0.4, 0.5) is 0 Å². The van der Waals surface area contributed by atoms with E-state index >= 15 is 0 Å². The minimum atomic E-state index is 0. The summed E-state index contributed by atoms with van der Waals surface area (Å²) in [5, 5.41) is 0. The van der Waals surface area contributed by atoms with Crippen LogP contribution in [0.25, 0.3) is 6.08 Å². The molecule has 0 atom stereocenters. The molecule has 1 aromatic carbocycles. The molecule has 20 heavy (non-hydrogen) atoms. The Labute approximate surface area is 127 Å². The van der Waals surface area contributed by atoms with Gasteiger partial charge in [0.2, 0.25) is 0 Å². The van der Waals surface area contributed by atoms with E-state index in [-0.39, 0.29) is 12.4 Å². The molecule has 0 amide bonds. The zero-order valence-electron chi connectivity index (χ0n) is 11.5. The van der Waals surface area contributed by atoms with Crippen LogP contribution in [0, 0.1) is 0 Å². The summed E-state index contributed by atoms with van der Waals surface area (Å²) >= 11 is 0. The normalized spacial score (nSPS) is 18.2. The molecule has 104 valence electrons. The van der Waals surface area contributed by atoms with Gasteiger partial charge in [-0.15, -0.1) is 12.4 Å². The summed E-state index contributed by atoms with van der Waals surface area (Å²) in [5.41, 5.74) is 4.37. The van der Waals surface area contributed by atoms with E-state index in [1.54, 1.807) is 5.57 Å². The first kappa shape index (κ1) is 14.8. The first-order valence-corrected chi connectivity index (χ1v) is 7.06. The van der Waals surface area contributed by atoms with E-state index in [2.05, 4.69) is 53.5 Å². The second kappa shape index (κ2) is 7.25. The smallest absolute Gasteiger partial charge is 0.0273 e. The maximum atomic E-state index is 4.06. The van der Waals surface area contributed by atoms with Crippen molar-refractivity contribution >= 4 is 18.5 Å². The van der Waals surface area contributed by atoms with Crippen LogP contribution in [0.3, 0.4) is 0 Å². The average Bonchev–Trinajstić information content (AvgIpc) is 2.50. The molecule has 0 N–H and O–H groups in total. The van der Waals surface area contributed by atoms with E-state index in [9.17, 15) is 0 Å². The van der Waals surface area contributed by atoms with Crippen molar-refractivity contribution in [3.63, 3.8) is 0 Å². The van der Waals surface area contributed by atoms with Crippen molar-refractivity contribution in [2.75, 3.05) is 0 Å². The predicted octanol–water partition coefficient (Wildman–Crippen LogP) is 5.24. The Kier molecular flexibility index (Phi) is 5.37. The third kappa shape index (κ3) is 3.71. The van der Waals surface area contributed by atoms with Crippen molar-refractivity contribution in [3.8, 4) is 0 Å². The quantitative estimate of drug-likeness (QED) is 0.735. The molecule has 1 aliphatic carbocycles. The van der Waals surface area contributed by atoms with Crippen LogP contribution in [0.1, 0.15) is 42.7 Å². The molecule has 0 bridgehead atoms. The van der Waals surface area contributed by atoms with Crippen LogP contribution in [-0.2, 0) is 0 Å². The highest BCUT2D eigenvalue weighted by Gasteiger charge is 2.17. The van der Waals surface area contributed by atoms with Crippen molar-refractivity contribution in [1.29, 1.82) is 0 Å². The van der Waals surface area contributed by atoms with Gasteiger partial charge < -0.3 is 0 Å². The van der Waals surface area contributed by atoms with E-state index in [1.165, 1.54) is 36.8 Å². The summed E-state index contributed by atoms with van der Waals surface area (Å²) in [6.07, 6.45) is 11.1. The molecule has 2 aromatic rings. The molecular formula is C18H20ClN. The number of allylic oxidation sites excluding steroid dienone is 1. The zero-order chi connectivity index (χ0) is 12.9. The van der Waals surface area contributed by atoms with Crippen molar-refractivity contribution in [2.45, 2.75) is 31.6 Å². The van der Waals surface area contributed by atoms with E-state index in [0.717, 1.165) is 5.92 Å². The lowest BCUT2D eigenvalue weighted by Crippen LogP contribution is -2.06. The maximum Gasteiger partial charge on any atom is 0.0273 e. The van der Waals surface area contributed by atoms with Gasteiger partial charge in [-0.2, -0.15) is 0 Å². The van der Waals surface area contributed by atoms with Crippen LogP contribution in [0.5, 0.6) is 0 Å². The number of pyridine rings is 1. The molecule has 0 radical (unpaired) electrons. The second-order valence-electron chi connectivity index (χ2n) is 5.27. The van der Waals surface area contributed by atoms with Crippen LogP contribution >= 0.6 is 12.4 Å². The second-order valence-corrected chi connectivity index (χ2v) is 5.27. The number of halogens is 1. The summed E-state index contributed by atoms with van der Waals surface area (Å²) in [6.45, 7) is 0. The van der Waals surface area contributed by atoms with Gasteiger partial charge in [-0.3, -0.25) is 4.98 Å². The monoisotopic (exact) mass is 285 g/mol. The van der Waals surface area contributed by atoms with Crippen molar-refractivity contribution in [1.82, 2.24) is 4.98 Å². The Morgan fingerprint density at radius 3 is 2.20 bits per heavy atom. The SMILES string of the molecule is C(=C1CCC(c2ccccc2)CC1)c1ccncc1.Cl. The highest BCUT2D eigenvalue weighted by Crippen LogP contribution is 2.35. The number of nitrogens with zero attached hydrogens (tertiary/aromatic N) is 1. The summed E-state index contributed by atoms with van der Waals surface area (Å²) in [6, 6.07) is 15.1.